The number of aromatic amines is 1. The van der Waals surface area contributed by atoms with Gasteiger partial charge in [-0.15, -0.1) is 0 Å². The highest BCUT2D eigenvalue weighted by molar-refractivity contribution is 5.93. The first-order valence-electron chi connectivity index (χ1n) is 7.25. The van der Waals surface area contributed by atoms with Crippen LogP contribution in [0.5, 0.6) is 0 Å². The molecule has 0 aliphatic carbocycles. The van der Waals surface area contributed by atoms with Crippen molar-refractivity contribution < 1.29 is 9.90 Å². The van der Waals surface area contributed by atoms with Crippen LogP contribution in [0.4, 0.5) is 0 Å². The molecule has 2 aromatic heterocycles. The summed E-state index contributed by atoms with van der Waals surface area (Å²) in [6.45, 7) is -0.285. The van der Waals surface area contributed by atoms with Crippen LogP contribution < -0.4 is 10.9 Å². The lowest BCUT2D eigenvalue weighted by Crippen LogP contribution is -2.35. The lowest BCUT2D eigenvalue weighted by atomic mass is 10.1. The van der Waals surface area contributed by atoms with Crippen molar-refractivity contribution >= 4 is 5.91 Å². The van der Waals surface area contributed by atoms with Crippen molar-refractivity contribution in [1.29, 1.82) is 0 Å². The van der Waals surface area contributed by atoms with Gasteiger partial charge in [0.25, 0.3) is 11.5 Å². The number of aromatic nitrogens is 4. The predicted molar refractivity (Wildman–Crippen MR) is 85.7 cm³/mol. The minimum atomic E-state index is -0.612. The molecule has 0 aliphatic rings. The Hall–Kier alpha value is -3.26. The number of carbonyl (C=O) groups is 1. The highest BCUT2D eigenvalue weighted by Crippen LogP contribution is 2.12. The summed E-state index contributed by atoms with van der Waals surface area (Å²) in [6, 6.07) is 10.1. The molecule has 1 amide bonds. The summed E-state index contributed by atoms with van der Waals surface area (Å²) in [7, 11) is 0. The first-order valence-corrected chi connectivity index (χ1v) is 7.25. The lowest BCUT2D eigenvalue weighted by molar-refractivity contribution is 0.0914. The summed E-state index contributed by atoms with van der Waals surface area (Å²) >= 11 is 0. The van der Waals surface area contributed by atoms with Crippen LogP contribution in [0.1, 0.15) is 22.0 Å². The molecule has 3 rings (SSSR count). The van der Waals surface area contributed by atoms with E-state index in [1.807, 2.05) is 6.07 Å². The summed E-state index contributed by atoms with van der Waals surface area (Å²) in [5, 5.41) is 16.1. The third-order valence-corrected chi connectivity index (χ3v) is 3.44. The molecule has 3 N–H and O–H groups in total. The van der Waals surface area contributed by atoms with E-state index < -0.39 is 17.5 Å². The maximum absolute atomic E-state index is 12.3. The fourth-order valence-electron chi connectivity index (χ4n) is 2.21. The molecule has 122 valence electrons. The van der Waals surface area contributed by atoms with Gasteiger partial charge in [-0.2, -0.15) is 5.10 Å². The van der Waals surface area contributed by atoms with Gasteiger partial charge in [0, 0.05) is 18.6 Å². The number of hydrogen-bond acceptors (Lipinski definition) is 5. The normalized spacial score (nSPS) is 11.9. The Labute approximate surface area is 136 Å². The van der Waals surface area contributed by atoms with Crippen LogP contribution >= 0.6 is 0 Å². The third-order valence-electron chi connectivity index (χ3n) is 3.44. The van der Waals surface area contributed by atoms with Gasteiger partial charge in [0.05, 0.1) is 12.6 Å². The molecule has 0 aliphatic heterocycles. The van der Waals surface area contributed by atoms with Gasteiger partial charge >= 0.3 is 0 Å². The standard InChI is InChI=1S/C16H15N5O3/c22-10-13(11-5-2-1-3-6-11)19-14(23)12-9-17-16(20-15(12)24)21-8-4-7-18-21/h1-9,13,22H,10H2,(H,19,23)(H,17,20,24)/t13-/m0/s1. The fourth-order valence-corrected chi connectivity index (χ4v) is 2.21. The summed E-state index contributed by atoms with van der Waals surface area (Å²) < 4.78 is 1.38. The molecule has 0 spiro atoms. The maximum atomic E-state index is 12.3. The Morgan fingerprint density at radius 3 is 2.71 bits per heavy atom. The van der Waals surface area contributed by atoms with E-state index in [-0.39, 0.29) is 18.1 Å². The fraction of sp³-hybridized carbons (Fsp3) is 0.125. The zero-order chi connectivity index (χ0) is 16.9. The number of nitrogens with one attached hydrogen (secondary N) is 2. The van der Waals surface area contributed by atoms with Crippen LogP contribution in [0.25, 0.3) is 5.95 Å². The van der Waals surface area contributed by atoms with E-state index in [0.29, 0.717) is 0 Å². The molecular formula is C16H15N5O3. The topological polar surface area (TPSA) is 113 Å². The van der Waals surface area contributed by atoms with Gasteiger partial charge in [-0.3, -0.25) is 14.6 Å². The van der Waals surface area contributed by atoms with Crippen molar-refractivity contribution in [1.82, 2.24) is 25.1 Å². The quantitative estimate of drug-likeness (QED) is 0.629. The molecule has 1 atom stereocenters. The number of amides is 1. The van der Waals surface area contributed by atoms with Gasteiger partial charge in [-0.05, 0) is 11.6 Å². The maximum Gasteiger partial charge on any atom is 0.265 e. The number of rotatable bonds is 5. The number of hydrogen-bond donors (Lipinski definition) is 3. The number of aliphatic hydroxyl groups excluding tert-OH is 1. The second kappa shape index (κ2) is 6.88. The van der Waals surface area contributed by atoms with Crippen LogP contribution in [0.3, 0.4) is 0 Å². The van der Waals surface area contributed by atoms with E-state index in [4.69, 9.17) is 0 Å². The van der Waals surface area contributed by atoms with Gasteiger partial charge in [0.2, 0.25) is 5.95 Å². The van der Waals surface area contributed by atoms with Gasteiger partial charge in [-0.1, -0.05) is 30.3 Å². The molecular weight excluding hydrogens is 310 g/mol. The van der Waals surface area contributed by atoms with Crippen LogP contribution in [-0.4, -0.2) is 37.4 Å². The van der Waals surface area contributed by atoms with Crippen molar-refractivity contribution in [3.05, 3.63) is 76.5 Å². The summed E-state index contributed by atoms with van der Waals surface area (Å²) in [5.41, 5.74) is 0.0175. The molecule has 3 aromatic rings. The van der Waals surface area contributed by atoms with Crippen molar-refractivity contribution in [2.45, 2.75) is 6.04 Å². The largest absolute Gasteiger partial charge is 0.394 e. The first-order chi connectivity index (χ1) is 11.7. The minimum absolute atomic E-state index is 0.139. The molecule has 0 saturated heterocycles. The average molecular weight is 325 g/mol. The van der Waals surface area contributed by atoms with E-state index in [1.54, 1.807) is 42.7 Å². The molecule has 0 fully saturated rings. The Bertz CT molecular complexity index is 874. The molecule has 0 saturated carbocycles. The Balaban J connectivity index is 1.81. The smallest absolute Gasteiger partial charge is 0.265 e. The summed E-state index contributed by atoms with van der Waals surface area (Å²) in [4.78, 5) is 31.0. The van der Waals surface area contributed by atoms with Crippen molar-refractivity contribution in [2.75, 3.05) is 6.61 Å². The number of carbonyl (C=O) groups excluding carboxylic acids is 1. The summed E-state index contributed by atoms with van der Waals surface area (Å²) in [6.07, 6.45) is 4.35. The second-order valence-electron chi connectivity index (χ2n) is 5.02. The average Bonchev–Trinajstić information content (AvgIpc) is 3.14. The highest BCUT2D eigenvalue weighted by Gasteiger charge is 2.18. The first kappa shape index (κ1) is 15.6. The molecule has 0 bridgehead atoms. The molecule has 24 heavy (non-hydrogen) atoms. The van der Waals surface area contributed by atoms with Gasteiger partial charge < -0.3 is 10.4 Å². The predicted octanol–water partition coefficient (Wildman–Crippen LogP) is 0.419. The van der Waals surface area contributed by atoms with Gasteiger partial charge in [0.15, 0.2) is 0 Å². The van der Waals surface area contributed by atoms with Gasteiger partial charge in [0.1, 0.15) is 5.56 Å². The molecule has 8 heteroatoms. The van der Waals surface area contributed by atoms with Crippen LogP contribution in [-0.2, 0) is 0 Å². The SMILES string of the molecule is O=C(N[C@@H](CO)c1ccccc1)c1cnc(-n2cccn2)[nH]c1=O. The third kappa shape index (κ3) is 3.23. The molecule has 1 aromatic carbocycles. The monoisotopic (exact) mass is 325 g/mol. The summed E-state index contributed by atoms with van der Waals surface area (Å²) in [5.74, 6) is -0.401. The Kier molecular flexibility index (Phi) is 4.48. The number of H-pyrrole nitrogens is 1. The zero-order valence-electron chi connectivity index (χ0n) is 12.6. The molecule has 0 unspecified atom stereocenters. The molecule has 0 radical (unpaired) electrons. The van der Waals surface area contributed by atoms with E-state index in [1.165, 1.54) is 10.9 Å². The number of benzene rings is 1. The number of aliphatic hydroxyl groups is 1. The lowest BCUT2D eigenvalue weighted by Gasteiger charge is -2.16. The van der Waals surface area contributed by atoms with Crippen molar-refractivity contribution in [2.24, 2.45) is 0 Å². The second-order valence-corrected chi connectivity index (χ2v) is 5.02. The molecule has 8 nitrogen and oxygen atoms in total. The molecule has 2 heterocycles. The van der Waals surface area contributed by atoms with Crippen LogP contribution in [0, 0.1) is 0 Å². The van der Waals surface area contributed by atoms with E-state index in [0.717, 1.165) is 5.56 Å². The van der Waals surface area contributed by atoms with Crippen LogP contribution in [0.2, 0.25) is 0 Å². The minimum Gasteiger partial charge on any atom is -0.394 e. The van der Waals surface area contributed by atoms with E-state index >= 15 is 0 Å². The Morgan fingerprint density at radius 1 is 1.29 bits per heavy atom. The Morgan fingerprint density at radius 2 is 2.08 bits per heavy atom. The van der Waals surface area contributed by atoms with Crippen LogP contribution in [0.15, 0.2) is 59.8 Å². The zero-order valence-corrected chi connectivity index (χ0v) is 12.6. The van der Waals surface area contributed by atoms with E-state index in [9.17, 15) is 14.7 Å². The highest BCUT2D eigenvalue weighted by atomic mass is 16.3. The van der Waals surface area contributed by atoms with Gasteiger partial charge in [-0.25, -0.2) is 9.67 Å². The van der Waals surface area contributed by atoms with E-state index in [2.05, 4.69) is 20.4 Å². The number of nitrogens with zero attached hydrogens (tertiary/aromatic N) is 3. The van der Waals surface area contributed by atoms with Crippen molar-refractivity contribution in [3.63, 3.8) is 0 Å². The van der Waals surface area contributed by atoms with Crippen molar-refractivity contribution in [3.8, 4) is 5.95 Å².